The molecule has 28 heavy (non-hydrogen) atoms. The molecule has 2 amide bonds. The van der Waals surface area contributed by atoms with Gasteiger partial charge in [0.1, 0.15) is 11.8 Å². The lowest BCUT2D eigenvalue weighted by Gasteiger charge is -2.18. The van der Waals surface area contributed by atoms with Crippen LogP contribution in [-0.4, -0.2) is 36.5 Å². The van der Waals surface area contributed by atoms with Crippen LogP contribution in [0.4, 0.5) is 18.9 Å². The van der Waals surface area contributed by atoms with Crippen LogP contribution in [0, 0.1) is 0 Å². The van der Waals surface area contributed by atoms with Crippen molar-refractivity contribution < 1.29 is 27.5 Å². The summed E-state index contributed by atoms with van der Waals surface area (Å²) in [4.78, 5) is 27.0. The van der Waals surface area contributed by atoms with Gasteiger partial charge in [0.05, 0.1) is 5.75 Å². The third-order valence-electron chi connectivity index (χ3n) is 4.02. The van der Waals surface area contributed by atoms with E-state index in [1.807, 2.05) is 30.3 Å². The first kappa shape index (κ1) is 20.1. The van der Waals surface area contributed by atoms with Gasteiger partial charge in [-0.3, -0.25) is 9.59 Å². The number of anilines is 1. The quantitative estimate of drug-likeness (QED) is 0.740. The number of rotatable bonds is 6. The Labute approximate surface area is 163 Å². The van der Waals surface area contributed by atoms with Crippen molar-refractivity contribution >= 4 is 29.3 Å². The van der Waals surface area contributed by atoms with E-state index in [1.165, 1.54) is 28.8 Å². The van der Waals surface area contributed by atoms with E-state index in [4.69, 9.17) is 0 Å². The molecule has 1 heterocycles. The molecule has 1 atom stereocenters. The first-order valence-electron chi connectivity index (χ1n) is 8.46. The highest BCUT2D eigenvalue weighted by Crippen LogP contribution is 2.29. The second-order valence-corrected chi connectivity index (χ2v) is 7.09. The third-order valence-corrected chi connectivity index (χ3v) is 5.03. The van der Waals surface area contributed by atoms with Crippen LogP contribution in [-0.2, 0) is 9.59 Å². The van der Waals surface area contributed by atoms with Crippen molar-refractivity contribution in [2.24, 2.45) is 0 Å². The maximum Gasteiger partial charge on any atom is 0.573 e. The van der Waals surface area contributed by atoms with Crippen molar-refractivity contribution in [2.45, 2.75) is 23.7 Å². The van der Waals surface area contributed by atoms with Gasteiger partial charge in [0, 0.05) is 23.2 Å². The molecule has 2 aromatic rings. The summed E-state index contributed by atoms with van der Waals surface area (Å²) in [5.41, 5.74) is 0.294. The normalized spacial score (nSPS) is 16.9. The molecule has 3 rings (SSSR count). The number of carbonyl (C=O) groups is 2. The van der Waals surface area contributed by atoms with Gasteiger partial charge in [-0.2, -0.15) is 0 Å². The minimum absolute atomic E-state index is 0.169. The van der Waals surface area contributed by atoms with Crippen LogP contribution in [0.25, 0.3) is 0 Å². The molecule has 5 nitrogen and oxygen atoms in total. The Kier molecular flexibility index (Phi) is 6.13. The SMILES string of the molecule is O=C(CSc1ccccc1)NC1CCN(c2cccc(OC(F)(F)F)c2)C1=O. The topological polar surface area (TPSA) is 58.6 Å². The van der Waals surface area contributed by atoms with Crippen LogP contribution in [0.1, 0.15) is 6.42 Å². The average Bonchev–Trinajstić information content (AvgIpc) is 3.00. The molecule has 0 spiro atoms. The van der Waals surface area contributed by atoms with E-state index in [9.17, 15) is 22.8 Å². The molecule has 1 aliphatic rings. The molecule has 1 saturated heterocycles. The monoisotopic (exact) mass is 410 g/mol. The first-order valence-corrected chi connectivity index (χ1v) is 9.45. The van der Waals surface area contributed by atoms with Crippen LogP contribution < -0.4 is 15.0 Å². The fourth-order valence-electron chi connectivity index (χ4n) is 2.82. The largest absolute Gasteiger partial charge is 0.573 e. The van der Waals surface area contributed by atoms with E-state index in [1.54, 1.807) is 0 Å². The van der Waals surface area contributed by atoms with Gasteiger partial charge in [-0.15, -0.1) is 24.9 Å². The van der Waals surface area contributed by atoms with E-state index in [-0.39, 0.29) is 17.6 Å². The van der Waals surface area contributed by atoms with Gasteiger partial charge >= 0.3 is 6.36 Å². The molecular formula is C19H17F3N2O3S. The third kappa shape index (κ3) is 5.41. The number of halogens is 3. The lowest BCUT2D eigenvalue weighted by molar-refractivity contribution is -0.274. The fourth-order valence-corrected chi connectivity index (χ4v) is 3.55. The molecule has 1 fully saturated rings. The van der Waals surface area contributed by atoms with Crippen molar-refractivity contribution in [3.05, 3.63) is 54.6 Å². The predicted molar refractivity (Wildman–Crippen MR) is 99.2 cm³/mol. The van der Waals surface area contributed by atoms with Gasteiger partial charge in [-0.05, 0) is 30.7 Å². The molecule has 148 valence electrons. The Balaban J connectivity index is 1.57. The van der Waals surface area contributed by atoms with E-state index in [0.29, 0.717) is 18.7 Å². The Morgan fingerprint density at radius 2 is 1.93 bits per heavy atom. The van der Waals surface area contributed by atoms with E-state index < -0.39 is 18.2 Å². The summed E-state index contributed by atoms with van der Waals surface area (Å²) >= 11 is 1.36. The number of carbonyl (C=O) groups excluding carboxylic acids is 2. The molecule has 0 aromatic heterocycles. The maximum absolute atomic E-state index is 12.6. The molecule has 9 heteroatoms. The van der Waals surface area contributed by atoms with Gasteiger partial charge in [0.25, 0.3) is 0 Å². The second-order valence-electron chi connectivity index (χ2n) is 6.05. The summed E-state index contributed by atoms with van der Waals surface area (Å²) in [5, 5.41) is 2.69. The van der Waals surface area contributed by atoms with Gasteiger partial charge < -0.3 is 15.0 Å². The average molecular weight is 410 g/mol. The van der Waals surface area contributed by atoms with Gasteiger partial charge in [0.15, 0.2) is 0 Å². The Bertz CT molecular complexity index is 846. The summed E-state index contributed by atoms with van der Waals surface area (Å²) < 4.78 is 41.0. The van der Waals surface area contributed by atoms with Crippen LogP contribution in [0.15, 0.2) is 59.5 Å². The van der Waals surface area contributed by atoms with E-state index >= 15 is 0 Å². The first-order chi connectivity index (χ1) is 13.3. The summed E-state index contributed by atoms with van der Waals surface area (Å²) in [6.45, 7) is 0.297. The minimum Gasteiger partial charge on any atom is -0.406 e. The number of thioether (sulfide) groups is 1. The summed E-state index contributed by atoms with van der Waals surface area (Å²) in [5.74, 6) is -0.863. The minimum atomic E-state index is -4.80. The highest BCUT2D eigenvalue weighted by Gasteiger charge is 2.35. The maximum atomic E-state index is 12.6. The summed E-state index contributed by atoms with van der Waals surface area (Å²) in [7, 11) is 0. The van der Waals surface area contributed by atoms with Crippen LogP contribution in [0.2, 0.25) is 0 Å². The molecule has 0 radical (unpaired) electrons. The zero-order chi connectivity index (χ0) is 20.1. The molecule has 0 bridgehead atoms. The zero-order valence-electron chi connectivity index (χ0n) is 14.6. The molecule has 2 aromatic carbocycles. The van der Waals surface area contributed by atoms with Gasteiger partial charge in [-0.1, -0.05) is 24.3 Å². The van der Waals surface area contributed by atoms with E-state index in [0.717, 1.165) is 17.0 Å². The number of nitrogens with zero attached hydrogens (tertiary/aromatic N) is 1. The van der Waals surface area contributed by atoms with Crippen molar-refractivity contribution in [3.8, 4) is 5.75 Å². The highest BCUT2D eigenvalue weighted by molar-refractivity contribution is 8.00. The highest BCUT2D eigenvalue weighted by atomic mass is 32.2. The van der Waals surface area contributed by atoms with Crippen molar-refractivity contribution in [2.75, 3.05) is 17.2 Å². The standard InChI is InChI=1S/C19H17F3N2O3S/c20-19(21,22)27-14-6-4-5-13(11-14)24-10-9-16(18(24)26)23-17(25)12-28-15-7-2-1-3-8-15/h1-8,11,16H,9-10,12H2,(H,23,25). The van der Waals surface area contributed by atoms with Gasteiger partial charge in [-0.25, -0.2) is 0 Å². The Morgan fingerprint density at radius 3 is 2.64 bits per heavy atom. The van der Waals surface area contributed by atoms with Crippen molar-refractivity contribution in [1.82, 2.24) is 5.32 Å². The van der Waals surface area contributed by atoms with Crippen molar-refractivity contribution in [3.63, 3.8) is 0 Å². The Hall–Kier alpha value is -2.68. The van der Waals surface area contributed by atoms with Crippen LogP contribution >= 0.6 is 11.8 Å². The number of hydrogen-bond acceptors (Lipinski definition) is 4. The van der Waals surface area contributed by atoms with E-state index in [2.05, 4.69) is 10.1 Å². The summed E-state index contributed by atoms with van der Waals surface area (Å²) in [6, 6.07) is 13.9. The van der Waals surface area contributed by atoms with Crippen molar-refractivity contribution in [1.29, 1.82) is 0 Å². The fraction of sp³-hybridized carbons (Fsp3) is 0.263. The zero-order valence-corrected chi connectivity index (χ0v) is 15.4. The lowest BCUT2D eigenvalue weighted by atomic mass is 10.2. The molecule has 1 unspecified atom stereocenters. The number of alkyl halides is 3. The predicted octanol–water partition coefficient (Wildman–Crippen LogP) is 3.60. The number of amides is 2. The lowest BCUT2D eigenvalue weighted by Crippen LogP contribution is -2.42. The van der Waals surface area contributed by atoms with Crippen LogP contribution in [0.5, 0.6) is 5.75 Å². The number of benzene rings is 2. The molecule has 0 aliphatic carbocycles. The summed E-state index contributed by atoms with van der Waals surface area (Å²) in [6.07, 6.45) is -4.43. The number of nitrogens with one attached hydrogen (secondary N) is 1. The second kappa shape index (κ2) is 8.55. The molecule has 1 aliphatic heterocycles. The number of hydrogen-bond donors (Lipinski definition) is 1. The van der Waals surface area contributed by atoms with Crippen LogP contribution in [0.3, 0.4) is 0 Å². The molecule has 0 saturated carbocycles. The van der Waals surface area contributed by atoms with Gasteiger partial charge in [0.2, 0.25) is 11.8 Å². The Morgan fingerprint density at radius 1 is 1.18 bits per heavy atom. The number of ether oxygens (including phenoxy) is 1. The molecule has 1 N–H and O–H groups in total. The smallest absolute Gasteiger partial charge is 0.406 e. The molecular weight excluding hydrogens is 393 g/mol.